The predicted octanol–water partition coefficient (Wildman–Crippen LogP) is 4.55. The lowest BCUT2D eigenvalue weighted by atomic mass is 10.00. The lowest BCUT2D eigenvalue weighted by Gasteiger charge is -2.20. The highest BCUT2D eigenvalue weighted by atomic mass is 19.4. The molecular formula is C23H22F3N7. The molecule has 0 bridgehead atoms. The number of pyridine rings is 1. The summed E-state index contributed by atoms with van der Waals surface area (Å²) in [5.74, 6) is 1.08. The molecule has 4 aromatic rings. The molecule has 2 N–H and O–H groups in total. The molecule has 1 aliphatic heterocycles. The number of alkyl halides is 3. The number of hydrogen-bond donors (Lipinski definition) is 2. The molecule has 10 heteroatoms. The van der Waals surface area contributed by atoms with Crippen LogP contribution in [0, 0.1) is 6.92 Å². The Morgan fingerprint density at radius 2 is 2.00 bits per heavy atom. The van der Waals surface area contributed by atoms with Gasteiger partial charge in [-0.1, -0.05) is 18.2 Å². The maximum atomic E-state index is 13.2. The van der Waals surface area contributed by atoms with Gasteiger partial charge < -0.3 is 10.6 Å². The Bertz CT molecular complexity index is 1370. The molecule has 0 saturated carbocycles. The molecule has 5 rings (SSSR count). The maximum absolute atomic E-state index is 13.2. The SMILES string of the molecule is Cc1nc(N[C@H](C)c2cccc(C(F)(F)F)c2)c2cc(C3=CCNCC3)c3nncn3c2n1. The molecule has 1 aliphatic rings. The second-order valence-electron chi connectivity index (χ2n) is 8.11. The highest BCUT2D eigenvalue weighted by Crippen LogP contribution is 2.33. The van der Waals surface area contributed by atoms with E-state index < -0.39 is 17.8 Å². The fourth-order valence-electron chi connectivity index (χ4n) is 4.15. The molecule has 0 spiro atoms. The Kier molecular flexibility index (Phi) is 5.24. The highest BCUT2D eigenvalue weighted by Gasteiger charge is 2.30. The van der Waals surface area contributed by atoms with Gasteiger partial charge in [-0.25, -0.2) is 9.97 Å². The van der Waals surface area contributed by atoms with Gasteiger partial charge in [0, 0.05) is 18.2 Å². The van der Waals surface area contributed by atoms with Crippen molar-refractivity contribution in [3.05, 3.63) is 65.2 Å². The molecule has 170 valence electrons. The van der Waals surface area contributed by atoms with Gasteiger partial charge in [0.05, 0.1) is 10.9 Å². The second kappa shape index (κ2) is 8.11. The van der Waals surface area contributed by atoms with Crippen molar-refractivity contribution in [2.24, 2.45) is 0 Å². The van der Waals surface area contributed by atoms with E-state index in [4.69, 9.17) is 0 Å². The van der Waals surface area contributed by atoms with Gasteiger partial charge in [0.15, 0.2) is 11.3 Å². The van der Waals surface area contributed by atoms with Crippen molar-refractivity contribution in [2.45, 2.75) is 32.5 Å². The van der Waals surface area contributed by atoms with Crippen LogP contribution >= 0.6 is 0 Å². The lowest BCUT2D eigenvalue weighted by Crippen LogP contribution is -2.20. The molecule has 33 heavy (non-hydrogen) atoms. The zero-order chi connectivity index (χ0) is 23.2. The summed E-state index contributed by atoms with van der Waals surface area (Å²) in [5, 5.41) is 15.8. The molecule has 1 atom stereocenters. The van der Waals surface area contributed by atoms with Crippen LogP contribution in [0.2, 0.25) is 0 Å². The molecule has 7 nitrogen and oxygen atoms in total. The van der Waals surface area contributed by atoms with E-state index in [1.54, 1.807) is 19.3 Å². The van der Waals surface area contributed by atoms with E-state index in [1.807, 2.05) is 17.4 Å². The number of aromatic nitrogens is 5. The fourth-order valence-corrected chi connectivity index (χ4v) is 4.15. The number of hydrogen-bond acceptors (Lipinski definition) is 6. The van der Waals surface area contributed by atoms with Crippen LogP contribution in [0.15, 0.2) is 42.7 Å². The molecule has 0 saturated heterocycles. The summed E-state index contributed by atoms with van der Waals surface area (Å²) in [4.78, 5) is 9.19. The summed E-state index contributed by atoms with van der Waals surface area (Å²) in [6.45, 7) is 5.23. The van der Waals surface area contributed by atoms with Gasteiger partial charge in [0.25, 0.3) is 0 Å². The van der Waals surface area contributed by atoms with Crippen LogP contribution in [-0.4, -0.2) is 37.7 Å². The van der Waals surface area contributed by atoms with Gasteiger partial charge in [0.1, 0.15) is 18.0 Å². The number of anilines is 1. The molecular weight excluding hydrogens is 431 g/mol. The van der Waals surface area contributed by atoms with E-state index >= 15 is 0 Å². The summed E-state index contributed by atoms with van der Waals surface area (Å²) in [6, 6.07) is 6.91. The van der Waals surface area contributed by atoms with Crippen LogP contribution in [-0.2, 0) is 6.18 Å². The Balaban J connectivity index is 1.62. The summed E-state index contributed by atoms with van der Waals surface area (Å²) in [6.07, 6.45) is 0.206. The molecule has 0 unspecified atom stereocenters. The first-order valence-electron chi connectivity index (χ1n) is 10.7. The normalized spacial score (nSPS) is 15.6. The zero-order valence-corrected chi connectivity index (χ0v) is 18.1. The number of fused-ring (bicyclic) bond motifs is 3. The van der Waals surface area contributed by atoms with E-state index in [9.17, 15) is 13.2 Å². The van der Waals surface area contributed by atoms with Gasteiger partial charge in [0.2, 0.25) is 0 Å². The topological polar surface area (TPSA) is 80.0 Å². The minimum Gasteiger partial charge on any atom is -0.363 e. The van der Waals surface area contributed by atoms with Gasteiger partial charge in [-0.05, 0) is 56.1 Å². The van der Waals surface area contributed by atoms with Crippen molar-refractivity contribution in [1.29, 1.82) is 0 Å². The number of halogens is 3. The van der Waals surface area contributed by atoms with Crippen LogP contribution in [0.5, 0.6) is 0 Å². The standard InChI is InChI=1S/C23H22F3N7/c1-13(16-4-3-5-17(10-16)23(24,25)26)29-20-19-11-18(15-6-8-27-9-7-15)22-32-28-12-33(22)21(19)31-14(2)30-20/h3-6,10-13,27H,7-9H2,1-2H3,(H,29,30,31)/t13-/m1/s1. The minimum atomic E-state index is -4.40. The van der Waals surface area contributed by atoms with Crippen LogP contribution < -0.4 is 10.6 Å². The Hall–Kier alpha value is -3.53. The van der Waals surface area contributed by atoms with Crippen molar-refractivity contribution in [2.75, 3.05) is 18.4 Å². The first-order valence-corrected chi connectivity index (χ1v) is 10.7. The van der Waals surface area contributed by atoms with Gasteiger partial charge >= 0.3 is 6.18 Å². The molecule has 0 fully saturated rings. The third-order valence-electron chi connectivity index (χ3n) is 5.82. The molecule has 4 heterocycles. The lowest BCUT2D eigenvalue weighted by molar-refractivity contribution is -0.137. The van der Waals surface area contributed by atoms with E-state index in [2.05, 4.69) is 36.9 Å². The Labute approximate surface area is 187 Å². The average Bonchev–Trinajstić information content (AvgIpc) is 3.29. The number of aryl methyl sites for hydroxylation is 1. The molecule has 3 aromatic heterocycles. The van der Waals surface area contributed by atoms with Crippen LogP contribution in [0.4, 0.5) is 19.0 Å². The van der Waals surface area contributed by atoms with Crippen LogP contribution in [0.3, 0.4) is 0 Å². The van der Waals surface area contributed by atoms with Crippen LogP contribution in [0.1, 0.15) is 41.9 Å². The van der Waals surface area contributed by atoms with Gasteiger partial charge in [-0.3, -0.25) is 4.40 Å². The third kappa shape index (κ3) is 4.02. The molecule has 1 aromatic carbocycles. The fraction of sp³-hybridized carbons (Fsp3) is 0.304. The van der Waals surface area contributed by atoms with Crippen LogP contribution in [0.25, 0.3) is 22.3 Å². The van der Waals surface area contributed by atoms with Crippen molar-refractivity contribution in [1.82, 2.24) is 29.9 Å². The Morgan fingerprint density at radius 1 is 1.15 bits per heavy atom. The summed E-state index contributed by atoms with van der Waals surface area (Å²) in [5.41, 5.74) is 3.30. The zero-order valence-electron chi connectivity index (χ0n) is 18.1. The quantitative estimate of drug-likeness (QED) is 0.472. The maximum Gasteiger partial charge on any atom is 0.416 e. The summed E-state index contributed by atoms with van der Waals surface area (Å²) in [7, 11) is 0. The van der Waals surface area contributed by atoms with E-state index in [-0.39, 0.29) is 0 Å². The van der Waals surface area contributed by atoms with E-state index in [1.165, 1.54) is 6.07 Å². The third-order valence-corrected chi connectivity index (χ3v) is 5.82. The number of nitrogens with zero attached hydrogens (tertiary/aromatic N) is 5. The smallest absolute Gasteiger partial charge is 0.363 e. The average molecular weight is 453 g/mol. The van der Waals surface area contributed by atoms with Crippen molar-refractivity contribution < 1.29 is 13.2 Å². The molecule has 0 radical (unpaired) electrons. The highest BCUT2D eigenvalue weighted by molar-refractivity contribution is 5.94. The summed E-state index contributed by atoms with van der Waals surface area (Å²) < 4.78 is 41.4. The van der Waals surface area contributed by atoms with Gasteiger partial charge in [-0.2, -0.15) is 13.2 Å². The second-order valence-corrected chi connectivity index (χ2v) is 8.11. The largest absolute Gasteiger partial charge is 0.416 e. The van der Waals surface area contributed by atoms with Crippen molar-refractivity contribution >= 4 is 28.1 Å². The van der Waals surface area contributed by atoms with Gasteiger partial charge in [-0.15, -0.1) is 10.2 Å². The minimum absolute atomic E-state index is 0.414. The van der Waals surface area contributed by atoms with E-state index in [0.29, 0.717) is 28.5 Å². The Morgan fingerprint density at radius 3 is 2.76 bits per heavy atom. The molecule has 0 aliphatic carbocycles. The van der Waals surface area contributed by atoms with Crippen molar-refractivity contribution in [3.8, 4) is 0 Å². The number of rotatable bonds is 4. The predicted molar refractivity (Wildman–Crippen MR) is 120 cm³/mol. The number of nitrogens with one attached hydrogen (secondary N) is 2. The number of benzene rings is 1. The van der Waals surface area contributed by atoms with E-state index in [0.717, 1.165) is 48.2 Å². The molecule has 0 amide bonds. The first-order chi connectivity index (χ1) is 15.8. The van der Waals surface area contributed by atoms with Crippen molar-refractivity contribution in [3.63, 3.8) is 0 Å². The monoisotopic (exact) mass is 453 g/mol. The first kappa shape index (κ1) is 21.3. The summed E-state index contributed by atoms with van der Waals surface area (Å²) >= 11 is 0.